The van der Waals surface area contributed by atoms with Crippen molar-refractivity contribution in [1.82, 2.24) is 19.6 Å². The molecule has 2 aliphatic heterocycles. The fourth-order valence-corrected chi connectivity index (χ4v) is 3.72. The molecule has 1 atom stereocenters. The van der Waals surface area contributed by atoms with Crippen LogP contribution in [0.2, 0.25) is 0 Å². The van der Waals surface area contributed by atoms with E-state index in [1.165, 1.54) is 0 Å². The number of aromatic nitrogens is 2. The molecule has 25 heavy (non-hydrogen) atoms. The van der Waals surface area contributed by atoms with Gasteiger partial charge in [0.1, 0.15) is 0 Å². The predicted molar refractivity (Wildman–Crippen MR) is 93.2 cm³/mol. The van der Waals surface area contributed by atoms with Crippen LogP contribution in [0.25, 0.3) is 0 Å². The smallest absolute Gasteiger partial charge is 0.257 e. The number of nitrogens with zero attached hydrogens (tertiary/aromatic N) is 4. The third kappa shape index (κ3) is 3.42. The van der Waals surface area contributed by atoms with Crippen LogP contribution in [0.3, 0.4) is 0 Å². The maximum atomic E-state index is 13.2. The van der Waals surface area contributed by atoms with Crippen molar-refractivity contribution < 1.29 is 14.3 Å². The molecular formula is C18H28N4O3. The van der Waals surface area contributed by atoms with Gasteiger partial charge in [-0.2, -0.15) is 5.10 Å². The molecule has 3 heterocycles. The van der Waals surface area contributed by atoms with Gasteiger partial charge < -0.3 is 14.5 Å². The highest BCUT2D eigenvalue weighted by molar-refractivity contribution is 5.95. The summed E-state index contributed by atoms with van der Waals surface area (Å²) in [6, 6.07) is 0.139. The van der Waals surface area contributed by atoms with Crippen molar-refractivity contribution in [2.75, 3.05) is 26.2 Å². The summed E-state index contributed by atoms with van der Waals surface area (Å²) in [6.07, 6.45) is 5.95. The molecular weight excluding hydrogens is 320 g/mol. The van der Waals surface area contributed by atoms with Crippen molar-refractivity contribution >= 4 is 11.8 Å². The Labute approximate surface area is 148 Å². The Bertz CT molecular complexity index is 642. The van der Waals surface area contributed by atoms with E-state index in [9.17, 15) is 9.59 Å². The summed E-state index contributed by atoms with van der Waals surface area (Å²) in [6.45, 7) is 8.75. The second-order valence-corrected chi connectivity index (χ2v) is 7.20. The summed E-state index contributed by atoms with van der Waals surface area (Å²) in [4.78, 5) is 29.7. The van der Waals surface area contributed by atoms with Crippen molar-refractivity contribution in [3.63, 3.8) is 0 Å². The number of ether oxygens (including phenoxy) is 1. The van der Waals surface area contributed by atoms with Crippen LogP contribution >= 0.6 is 0 Å². The molecule has 7 nitrogen and oxygen atoms in total. The molecule has 3 rings (SSSR count). The minimum absolute atomic E-state index is 0.0294. The average molecular weight is 348 g/mol. The largest absolute Gasteiger partial charge is 0.361 e. The summed E-state index contributed by atoms with van der Waals surface area (Å²) in [5.74, 6) is -0.0442. The lowest BCUT2D eigenvalue weighted by atomic mass is 9.93. The van der Waals surface area contributed by atoms with Crippen LogP contribution in [-0.2, 0) is 16.1 Å². The highest BCUT2D eigenvalue weighted by Crippen LogP contribution is 2.31. The molecule has 0 N–H and O–H groups in total. The van der Waals surface area contributed by atoms with E-state index in [-0.39, 0.29) is 17.9 Å². The van der Waals surface area contributed by atoms with Crippen LogP contribution in [-0.4, -0.2) is 69.3 Å². The topological polar surface area (TPSA) is 67.7 Å². The van der Waals surface area contributed by atoms with E-state index in [0.717, 1.165) is 25.9 Å². The van der Waals surface area contributed by atoms with Gasteiger partial charge in [-0.1, -0.05) is 0 Å². The molecule has 2 saturated heterocycles. The van der Waals surface area contributed by atoms with Crippen LogP contribution in [0.4, 0.5) is 0 Å². The van der Waals surface area contributed by atoms with Crippen LogP contribution in [0.5, 0.6) is 0 Å². The van der Waals surface area contributed by atoms with Crippen molar-refractivity contribution in [2.24, 2.45) is 0 Å². The van der Waals surface area contributed by atoms with Gasteiger partial charge >= 0.3 is 0 Å². The van der Waals surface area contributed by atoms with Gasteiger partial charge in [0.2, 0.25) is 0 Å². The van der Waals surface area contributed by atoms with Gasteiger partial charge in [0.15, 0.2) is 5.60 Å². The molecule has 2 fully saturated rings. The molecule has 1 spiro atoms. The number of rotatable bonds is 3. The number of carbonyl (C=O) groups excluding carboxylic acids is 2. The number of morpholine rings is 1. The molecule has 0 saturated carbocycles. The highest BCUT2D eigenvalue weighted by Gasteiger charge is 2.48. The summed E-state index contributed by atoms with van der Waals surface area (Å²) < 4.78 is 7.75. The Morgan fingerprint density at radius 2 is 2.16 bits per heavy atom. The maximum absolute atomic E-state index is 13.2. The van der Waals surface area contributed by atoms with Gasteiger partial charge in [-0.3, -0.25) is 14.3 Å². The number of likely N-dealkylation sites (tertiary alicyclic amines) is 1. The van der Waals surface area contributed by atoms with Crippen molar-refractivity contribution in [3.8, 4) is 0 Å². The number of hydrogen-bond acceptors (Lipinski definition) is 4. The molecule has 2 amide bonds. The van der Waals surface area contributed by atoms with Crippen LogP contribution < -0.4 is 0 Å². The lowest BCUT2D eigenvalue weighted by Gasteiger charge is -2.43. The summed E-state index contributed by atoms with van der Waals surface area (Å²) in [5, 5.41) is 4.18. The molecule has 0 bridgehead atoms. The molecule has 0 aliphatic carbocycles. The van der Waals surface area contributed by atoms with Gasteiger partial charge in [0.05, 0.1) is 24.9 Å². The standard InChI is InChI=1S/C18H28N4O3/c1-4-21-12-15(11-19-21)16(23)20-9-10-25-18(13-20)7-5-6-8-22(14(2)3)17(18)24/h11-12,14H,4-10,13H2,1-3H3. The zero-order valence-corrected chi connectivity index (χ0v) is 15.4. The molecule has 138 valence electrons. The predicted octanol–water partition coefficient (Wildman–Crippen LogP) is 1.54. The number of aryl methyl sites for hydroxylation is 1. The Morgan fingerprint density at radius 1 is 1.36 bits per heavy atom. The van der Waals surface area contributed by atoms with Gasteiger partial charge in [-0.15, -0.1) is 0 Å². The SMILES string of the molecule is CCn1cc(C(=O)N2CCOC3(CCCCN(C(C)C)C3=O)C2)cn1. The van der Waals surface area contributed by atoms with E-state index >= 15 is 0 Å². The zero-order valence-electron chi connectivity index (χ0n) is 15.4. The normalized spacial score (nSPS) is 24.9. The maximum Gasteiger partial charge on any atom is 0.257 e. The second-order valence-electron chi connectivity index (χ2n) is 7.20. The molecule has 0 aromatic carbocycles. The molecule has 1 unspecified atom stereocenters. The van der Waals surface area contributed by atoms with Crippen molar-refractivity contribution in [1.29, 1.82) is 0 Å². The van der Waals surface area contributed by atoms with E-state index in [1.807, 2.05) is 25.7 Å². The monoisotopic (exact) mass is 348 g/mol. The van der Waals surface area contributed by atoms with E-state index in [0.29, 0.717) is 31.7 Å². The van der Waals surface area contributed by atoms with Gasteiger partial charge in [0, 0.05) is 31.9 Å². The third-order valence-corrected chi connectivity index (χ3v) is 5.18. The minimum atomic E-state index is -0.893. The first-order valence-electron chi connectivity index (χ1n) is 9.23. The highest BCUT2D eigenvalue weighted by atomic mass is 16.5. The van der Waals surface area contributed by atoms with Gasteiger partial charge in [-0.05, 0) is 40.0 Å². The third-order valence-electron chi connectivity index (χ3n) is 5.18. The first kappa shape index (κ1) is 17.9. The van der Waals surface area contributed by atoms with E-state index in [2.05, 4.69) is 5.10 Å². The molecule has 1 aromatic heterocycles. The van der Waals surface area contributed by atoms with E-state index in [1.54, 1.807) is 22.0 Å². The zero-order chi connectivity index (χ0) is 18.0. The molecule has 7 heteroatoms. The summed E-state index contributed by atoms with van der Waals surface area (Å²) in [7, 11) is 0. The minimum Gasteiger partial charge on any atom is -0.361 e. The Hall–Kier alpha value is -1.89. The number of carbonyl (C=O) groups is 2. The van der Waals surface area contributed by atoms with Crippen LogP contribution in [0.15, 0.2) is 12.4 Å². The Morgan fingerprint density at radius 3 is 2.84 bits per heavy atom. The van der Waals surface area contributed by atoms with E-state index < -0.39 is 5.60 Å². The van der Waals surface area contributed by atoms with E-state index in [4.69, 9.17) is 4.74 Å². The van der Waals surface area contributed by atoms with Crippen LogP contribution in [0.1, 0.15) is 50.4 Å². The molecule has 0 radical (unpaired) electrons. The molecule has 1 aromatic rings. The van der Waals surface area contributed by atoms with Crippen LogP contribution in [0, 0.1) is 0 Å². The lowest BCUT2D eigenvalue weighted by Crippen LogP contribution is -2.61. The Kier molecular flexibility index (Phi) is 5.13. The fourth-order valence-electron chi connectivity index (χ4n) is 3.72. The van der Waals surface area contributed by atoms with Gasteiger partial charge in [0.25, 0.3) is 11.8 Å². The molecule has 2 aliphatic rings. The average Bonchev–Trinajstić information content (AvgIpc) is 3.03. The number of hydrogen-bond donors (Lipinski definition) is 0. The summed E-state index contributed by atoms with van der Waals surface area (Å²) >= 11 is 0. The number of amides is 2. The first-order chi connectivity index (χ1) is 12.0. The quantitative estimate of drug-likeness (QED) is 0.831. The van der Waals surface area contributed by atoms with Crippen molar-refractivity contribution in [2.45, 2.75) is 58.2 Å². The van der Waals surface area contributed by atoms with Crippen molar-refractivity contribution in [3.05, 3.63) is 18.0 Å². The van der Waals surface area contributed by atoms with Gasteiger partial charge in [-0.25, -0.2) is 0 Å². The Balaban J connectivity index is 1.81. The first-order valence-corrected chi connectivity index (χ1v) is 9.23. The second kappa shape index (κ2) is 7.15. The summed E-state index contributed by atoms with van der Waals surface area (Å²) in [5.41, 5.74) is -0.323. The fraction of sp³-hybridized carbons (Fsp3) is 0.722. The lowest BCUT2D eigenvalue weighted by molar-refractivity contribution is -0.169.